The number of hydrogen-bond donors (Lipinski definition) is 1. The number of carboxylic acids is 1. The number of rotatable bonds is 8. The monoisotopic (exact) mass is 712 g/mol. The van der Waals surface area contributed by atoms with Crippen LogP contribution in [0.25, 0.3) is 0 Å². The van der Waals surface area contributed by atoms with Crippen LogP contribution in [0.15, 0.2) is 71.2 Å². The first-order chi connectivity index (χ1) is 23.6. The van der Waals surface area contributed by atoms with Crippen LogP contribution >= 0.6 is 23.2 Å². The fourth-order valence-corrected chi connectivity index (χ4v) is 9.03. The number of allylic oxidation sites excluding steroid dienone is 2. The van der Waals surface area contributed by atoms with Crippen molar-refractivity contribution in [3.63, 3.8) is 0 Å². The molecule has 1 aromatic rings. The van der Waals surface area contributed by atoms with E-state index in [0.29, 0.717) is 53.9 Å². The molecule has 5 atom stereocenters. The third-order valence-corrected chi connectivity index (χ3v) is 11.7. The Morgan fingerprint density at radius 2 is 1.67 bits per heavy atom. The lowest BCUT2D eigenvalue weighted by Crippen LogP contribution is -2.56. The number of ether oxygens (including phenoxy) is 3. The standard InChI is InChI=1S/C36H39Cl2FN4O6/c1-3-20-13-40(35(44)33-27(37)8-23(9-28(33)38)41-6-7-42(24-16-48-17-24)32-12-31(32)41)18-49-34(20)19(2)25-11-30(26(36(45)46)10-29(25)39)43-21-4-5-22(43)15-47-14-21/h3,8-9,11,21-22,24,29,31-32H,1-2,4-7,10,12-18H2,(H,45,46). The molecule has 5 unspecified atom stereocenters. The van der Waals surface area contributed by atoms with Gasteiger partial charge in [0, 0.05) is 54.1 Å². The molecule has 1 N–H and O–H groups in total. The smallest absolute Gasteiger partial charge is 0.333 e. The van der Waals surface area contributed by atoms with Gasteiger partial charge in [0.25, 0.3) is 5.91 Å². The summed E-state index contributed by atoms with van der Waals surface area (Å²) < 4.78 is 33.0. The minimum atomic E-state index is -1.60. The van der Waals surface area contributed by atoms with Crippen molar-refractivity contribution in [1.29, 1.82) is 0 Å². The van der Waals surface area contributed by atoms with E-state index >= 15 is 4.39 Å². The highest BCUT2D eigenvalue weighted by atomic mass is 35.5. The molecule has 2 aliphatic carbocycles. The Morgan fingerprint density at radius 1 is 1.00 bits per heavy atom. The summed E-state index contributed by atoms with van der Waals surface area (Å²) in [6.45, 7) is 12.5. The number of carbonyl (C=O) groups is 2. The molecule has 0 radical (unpaired) electrons. The zero-order valence-corrected chi connectivity index (χ0v) is 28.6. The van der Waals surface area contributed by atoms with Crippen LogP contribution in [0.5, 0.6) is 0 Å². The van der Waals surface area contributed by atoms with Gasteiger partial charge in [-0.15, -0.1) is 0 Å². The van der Waals surface area contributed by atoms with Gasteiger partial charge in [-0.3, -0.25) is 9.69 Å². The molecule has 2 bridgehead atoms. The third kappa shape index (κ3) is 5.67. The van der Waals surface area contributed by atoms with Crippen LogP contribution in [-0.4, -0.2) is 121 Å². The molecule has 0 spiro atoms. The van der Waals surface area contributed by atoms with Gasteiger partial charge in [-0.2, -0.15) is 0 Å². The number of alkyl halides is 1. The van der Waals surface area contributed by atoms with Gasteiger partial charge in [0.15, 0.2) is 6.73 Å². The number of halogens is 3. The number of hydrogen-bond acceptors (Lipinski definition) is 8. The fourth-order valence-electron chi connectivity index (χ4n) is 8.39. The first-order valence-corrected chi connectivity index (χ1v) is 17.6. The van der Waals surface area contributed by atoms with E-state index in [4.69, 9.17) is 37.4 Å². The Hall–Kier alpha value is -3.35. The van der Waals surface area contributed by atoms with E-state index in [2.05, 4.69) is 27.9 Å². The number of anilines is 1. The number of nitrogens with zero attached hydrogens (tertiary/aromatic N) is 4. The summed E-state index contributed by atoms with van der Waals surface area (Å²) in [6.07, 6.45) is 4.13. The van der Waals surface area contributed by atoms with E-state index in [1.807, 2.05) is 12.1 Å². The molecular formula is C36H39Cl2FN4O6. The lowest BCUT2D eigenvalue weighted by atomic mass is 9.87. The van der Waals surface area contributed by atoms with Crippen LogP contribution in [0.1, 0.15) is 36.0 Å². The highest BCUT2D eigenvalue weighted by molar-refractivity contribution is 6.40. The molecule has 5 aliphatic heterocycles. The Bertz CT molecular complexity index is 1690. The van der Waals surface area contributed by atoms with E-state index in [9.17, 15) is 14.7 Å². The predicted molar refractivity (Wildman–Crippen MR) is 182 cm³/mol. The molecule has 10 nitrogen and oxygen atoms in total. The summed E-state index contributed by atoms with van der Waals surface area (Å²) in [7, 11) is 0. The lowest BCUT2D eigenvalue weighted by Gasteiger charge is -2.43. The van der Waals surface area contributed by atoms with Crippen LogP contribution in [0.2, 0.25) is 10.0 Å². The molecular weight excluding hydrogens is 674 g/mol. The summed E-state index contributed by atoms with van der Waals surface area (Å²) in [6, 6.07) is 5.09. The van der Waals surface area contributed by atoms with Gasteiger partial charge in [-0.05, 0) is 43.0 Å². The molecule has 5 fully saturated rings. The van der Waals surface area contributed by atoms with Crippen LogP contribution < -0.4 is 4.90 Å². The molecule has 5 heterocycles. The highest BCUT2D eigenvalue weighted by Crippen LogP contribution is 2.44. The summed E-state index contributed by atoms with van der Waals surface area (Å²) in [5.41, 5.74) is 2.72. The van der Waals surface area contributed by atoms with Gasteiger partial charge in [0.1, 0.15) is 11.9 Å². The first-order valence-electron chi connectivity index (χ1n) is 16.9. The molecule has 49 heavy (non-hydrogen) atoms. The molecule has 7 aliphatic rings. The highest BCUT2D eigenvalue weighted by Gasteiger charge is 2.52. The molecule has 8 rings (SSSR count). The van der Waals surface area contributed by atoms with Crippen LogP contribution in [0, 0.1) is 0 Å². The van der Waals surface area contributed by atoms with Gasteiger partial charge in [0.2, 0.25) is 0 Å². The average molecular weight is 714 g/mol. The fraction of sp³-hybridized carbons (Fsp3) is 0.500. The first kappa shape index (κ1) is 32.8. The Labute approximate surface area is 294 Å². The summed E-state index contributed by atoms with van der Waals surface area (Å²) >= 11 is 13.5. The number of piperazine rings is 1. The maximum Gasteiger partial charge on any atom is 0.333 e. The van der Waals surface area contributed by atoms with Crippen molar-refractivity contribution >= 4 is 40.8 Å². The van der Waals surface area contributed by atoms with Gasteiger partial charge >= 0.3 is 5.97 Å². The number of amides is 1. The van der Waals surface area contributed by atoms with Crippen molar-refractivity contribution in [3.8, 4) is 0 Å². The molecule has 1 amide bonds. The van der Waals surface area contributed by atoms with Crippen molar-refractivity contribution in [3.05, 3.63) is 86.8 Å². The molecule has 260 valence electrons. The van der Waals surface area contributed by atoms with Gasteiger partial charge in [-0.1, -0.05) is 42.4 Å². The van der Waals surface area contributed by atoms with E-state index in [1.165, 1.54) is 4.90 Å². The topological polar surface area (TPSA) is 95.0 Å². The van der Waals surface area contributed by atoms with Gasteiger partial charge < -0.3 is 34.0 Å². The van der Waals surface area contributed by atoms with Crippen molar-refractivity contribution in [2.45, 2.75) is 62.1 Å². The minimum absolute atomic E-state index is 0.0366. The zero-order chi connectivity index (χ0) is 34.1. The third-order valence-electron chi connectivity index (χ3n) is 11.1. The number of morpholine rings is 1. The second-order valence-corrected chi connectivity index (χ2v) is 14.7. The average Bonchev–Trinajstić information content (AvgIpc) is 3.83. The number of benzene rings is 1. The zero-order valence-electron chi connectivity index (χ0n) is 27.1. The molecule has 1 aromatic carbocycles. The number of aliphatic carboxylic acids is 1. The Morgan fingerprint density at radius 3 is 2.31 bits per heavy atom. The Kier molecular flexibility index (Phi) is 8.55. The van der Waals surface area contributed by atoms with Crippen molar-refractivity contribution < 1.29 is 33.3 Å². The second-order valence-electron chi connectivity index (χ2n) is 13.9. The van der Waals surface area contributed by atoms with Crippen LogP contribution in [-0.2, 0) is 19.0 Å². The van der Waals surface area contributed by atoms with Crippen molar-refractivity contribution in [2.24, 2.45) is 0 Å². The lowest BCUT2D eigenvalue weighted by molar-refractivity contribution is -0.133. The summed E-state index contributed by atoms with van der Waals surface area (Å²) in [5, 5.41) is 10.5. The SMILES string of the molecule is C=CC1=C(C(=C)C2=CC(N3C4CCC3COC4)=C(C(=O)O)CC2F)OCN(C(=O)c2c(Cl)cc(N3CCN(C4COC4)C4CC43)cc2Cl)C1. The molecule has 4 saturated heterocycles. The van der Waals surface area contributed by atoms with E-state index in [-0.39, 0.29) is 58.5 Å². The largest absolute Gasteiger partial charge is 0.478 e. The summed E-state index contributed by atoms with van der Waals surface area (Å²) in [4.78, 5) is 34.5. The van der Waals surface area contributed by atoms with Crippen LogP contribution in [0.3, 0.4) is 0 Å². The molecule has 1 saturated carbocycles. The van der Waals surface area contributed by atoms with Gasteiger partial charge in [-0.25, -0.2) is 9.18 Å². The van der Waals surface area contributed by atoms with Crippen molar-refractivity contribution in [2.75, 3.05) is 57.7 Å². The van der Waals surface area contributed by atoms with Crippen molar-refractivity contribution in [1.82, 2.24) is 14.7 Å². The summed E-state index contributed by atoms with van der Waals surface area (Å²) in [5.74, 6) is -1.22. The number of carboxylic acid groups (broad SMARTS) is 1. The van der Waals surface area contributed by atoms with E-state index in [1.54, 1.807) is 12.2 Å². The van der Waals surface area contributed by atoms with Gasteiger partial charge in [0.05, 0.1) is 72.3 Å². The quantitative estimate of drug-likeness (QED) is 0.402. The molecule has 13 heteroatoms. The molecule has 0 aromatic heterocycles. The van der Waals surface area contributed by atoms with E-state index in [0.717, 1.165) is 51.3 Å². The van der Waals surface area contributed by atoms with E-state index < -0.39 is 18.0 Å². The second kappa shape index (κ2) is 12.8. The maximum atomic E-state index is 15.7. The Balaban J connectivity index is 1.01. The predicted octanol–water partition coefficient (Wildman–Crippen LogP) is 4.95. The number of carbonyl (C=O) groups excluding carboxylic acids is 1. The maximum absolute atomic E-state index is 15.7. The minimum Gasteiger partial charge on any atom is -0.478 e. The normalized spacial score (nSPS) is 30.1. The van der Waals surface area contributed by atoms with Crippen LogP contribution in [0.4, 0.5) is 10.1 Å². The number of fused-ring (bicyclic) bond motifs is 3.